The SMILES string of the molecule is COc1cccc(C2(C(=O)O)CCN(c3ncccc3OC)CC2)c1. The van der Waals surface area contributed by atoms with Crippen LogP contribution in [0, 0.1) is 0 Å². The van der Waals surface area contributed by atoms with Crippen molar-refractivity contribution in [3.05, 3.63) is 48.2 Å². The Balaban J connectivity index is 1.87. The van der Waals surface area contributed by atoms with E-state index in [1.165, 1.54) is 0 Å². The normalized spacial score (nSPS) is 16.3. The van der Waals surface area contributed by atoms with E-state index < -0.39 is 11.4 Å². The van der Waals surface area contributed by atoms with Crippen molar-refractivity contribution < 1.29 is 19.4 Å². The molecule has 3 rings (SSSR count). The lowest BCUT2D eigenvalue weighted by Gasteiger charge is -2.40. The fraction of sp³-hybridized carbons (Fsp3) is 0.368. The third-order valence-electron chi connectivity index (χ3n) is 4.92. The van der Waals surface area contributed by atoms with E-state index in [0.29, 0.717) is 37.4 Å². The van der Waals surface area contributed by atoms with Gasteiger partial charge in [-0.05, 0) is 42.7 Å². The number of carboxylic acids is 1. The molecule has 1 aliphatic rings. The first kappa shape index (κ1) is 17.1. The number of pyridine rings is 1. The molecule has 1 saturated heterocycles. The molecule has 6 heteroatoms. The first-order chi connectivity index (χ1) is 12.1. The molecule has 6 nitrogen and oxygen atoms in total. The number of methoxy groups -OCH3 is 2. The summed E-state index contributed by atoms with van der Waals surface area (Å²) in [5.74, 6) is 1.33. The Bertz CT molecular complexity index is 755. The second-order valence-corrected chi connectivity index (χ2v) is 6.14. The number of piperidine rings is 1. The van der Waals surface area contributed by atoms with Gasteiger partial charge in [-0.3, -0.25) is 4.79 Å². The summed E-state index contributed by atoms with van der Waals surface area (Å²) in [5.41, 5.74) is -0.125. The quantitative estimate of drug-likeness (QED) is 0.901. The fourth-order valence-electron chi connectivity index (χ4n) is 3.43. The van der Waals surface area contributed by atoms with E-state index in [1.54, 1.807) is 20.4 Å². The van der Waals surface area contributed by atoms with Crippen LogP contribution in [0.2, 0.25) is 0 Å². The molecule has 0 saturated carbocycles. The van der Waals surface area contributed by atoms with E-state index in [0.717, 1.165) is 11.4 Å². The summed E-state index contributed by atoms with van der Waals surface area (Å²) >= 11 is 0. The summed E-state index contributed by atoms with van der Waals surface area (Å²) in [6, 6.07) is 11.0. The van der Waals surface area contributed by atoms with Gasteiger partial charge in [-0.1, -0.05) is 12.1 Å². The van der Waals surface area contributed by atoms with Crippen molar-refractivity contribution >= 4 is 11.8 Å². The predicted molar refractivity (Wildman–Crippen MR) is 94.5 cm³/mol. The maximum Gasteiger partial charge on any atom is 0.314 e. The van der Waals surface area contributed by atoms with Crippen LogP contribution in [0.25, 0.3) is 0 Å². The highest BCUT2D eigenvalue weighted by Crippen LogP contribution is 2.39. The van der Waals surface area contributed by atoms with Crippen molar-refractivity contribution in [1.82, 2.24) is 4.98 Å². The molecule has 1 fully saturated rings. The minimum absolute atomic E-state index is 0.495. The first-order valence-corrected chi connectivity index (χ1v) is 8.22. The van der Waals surface area contributed by atoms with E-state index in [1.807, 2.05) is 36.4 Å². The Labute approximate surface area is 147 Å². The predicted octanol–water partition coefficient (Wildman–Crippen LogP) is 2.72. The number of nitrogens with zero attached hydrogens (tertiary/aromatic N) is 2. The topological polar surface area (TPSA) is 71.9 Å². The van der Waals surface area contributed by atoms with Crippen molar-refractivity contribution in [1.29, 1.82) is 0 Å². The fourth-order valence-corrected chi connectivity index (χ4v) is 3.43. The summed E-state index contributed by atoms with van der Waals surface area (Å²) in [4.78, 5) is 18.6. The van der Waals surface area contributed by atoms with E-state index in [4.69, 9.17) is 9.47 Å². The lowest BCUT2D eigenvalue weighted by atomic mass is 9.72. The van der Waals surface area contributed by atoms with Crippen LogP contribution in [0.15, 0.2) is 42.6 Å². The zero-order valence-electron chi connectivity index (χ0n) is 14.4. The second-order valence-electron chi connectivity index (χ2n) is 6.14. The van der Waals surface area contributed by atoms with Crippen molar-refractivity contribution in [2.45, 2.75) is 18.3 Å². The molecule has 0 bridgehead atoms. The Hall–Kier alpha value is -2.76. The Morgan fingerprint density at radius 2 is 1.92 bits per heavy atom. The summed E-state index contributed by atoms with van der Waals surface area (Å²) in [5, 5.41) is 9.96. The molecule has 0 atom stereocenters. The van der Waals surface area contributed by atoms with Crippen molar-refractivity contribution in [3.8, 4) is 11.5 Å². The van der Waals surface area contributed by atoms with E-state index in [2.05, 4.69) is 9.88 Å². The van der Waals surface area contributed by atoms with Crippen LogP contribution in [-0.2, 0) is 10.2 Å². The van der Waals surface area contributed by atoms with Gasteiger partial charge in [0.15, 0.2) is 11.6 Å². The van der Waals surface area contributed by atoms with Gasteiger partial charge < -0.3 is 19.5 Å². The third kappa shape index (κ3) is 3.12. The standard InChI is InChI=1S/C19H22N2O4/c1-24-15-6-3-5-14(13-15)19(18(22)23)8-11-21(12-9-19)17-16(25-2)7-4-10-20-17/h3-7,10,13H,8-9,11-12H2,1-2H3,(H,22,23). The van der Waals surface area contributed by atoms with Gasteiger partial charge in [0.25, 0.3) is 0 Å². The maximum atomic E-state index is 12.1. The number of benzene rings is 1. The van der Waals surface area contributed by atoms with Gasteiger partial charge in [-0.25, -0.2) is 4.98 Å². The molecule has 1 aromatic heterocycles. The van der Waals surface area contributed by atoms with Gasteiger partial charge in [0.2, 0.25) is 0 Å². The molecule has 1 aromatic carbocycles. The molecule has 0 aliphatic carbocycles. The van der Waals surface area contributed by atoms with Crippen molar-refractivity contribution in [3.63, 3.8) is 0 Å². The minimum Gasteiger partial charge on any atom is -0.497 e. The molecule has 2 heterocycles. The Kier molecular flexibility index (Phi) is 4.79. The number of hydrogen-bond donors (Lipinski definition) is 1. The number of carboxylic acid groups (broad SMARTS) is 1. The molecule has 0 spiro atoms. The lowest BCUT2D eigenvalue weighted by Crippen LogP contribution is -2.47. The highest BCUT2D eigenvalue weighted by atomic mass is 16.5. The Morgan fingerprint density at radius 3 is 2.56 bits per heavy atom. The monoisotopic (exact) mass is 342 g/mol. The van der Waals surface area contributed by atoms with Gasteiger partial charge in [-0.2, -0.15) is 0 Å². The molecular weight excluding hydrogens is 320 g/mol. The van der Waals surface area contributed by atoms with Gasteiger partial charge in [-0.15, -0.1) is 0 Å². The summed E-state index contributed by atoms with van der Waals surface area (Å²) in [6.07, 6.45) is 2.71. The van der Waals surface area contributed by atoms with Crippen LogP contribution in [0.4, 0.5) is 5.82 Å². The average molecular weight is 342 g/mol. The number of aromatic nitrogens is 1. The van der Waals surface area contributed by atoms with Crippen LogP contribution in [0.5, 0.6) is 11.5 Å². The molecule has 132 valence electrons. The number of anilines is 1. The zero-order chi connectivity index (χ0) is 17.9. The summed E-state index contributed by atoms with van der Waals surface area (Å²) in [7, 11) is 3.20. The number of ether oxygens (including phenoxy) is 2. The zero-order valence-corrected chi connectivity index (χ0v) is 14.4. The van der Waals surface area contributed by atoms with Crippen molar-refractivity contribution in [2.24, 2.45) is 0 Å². The largest absolute Gasteiger partial charge is 0.497 e. The first-order valence-electron chi connectivity index (χ1n) is 8.22. The van der Waals surface area contributed by atoms with E-state index in [9.17, 15) is 9.90 Å². The molecule has 0 amide bonds. The van der Waals surface area contributed by atoms with E-state index >= 15 is 0 Å². The van der Waals surface area contributed by atoms with E-state index in [-0.39, 0.29) is 0 Å². The van der Waals surface area contributed by atoms with Crippen LogP contribution in [-0.4, -0.2) is 43.4 Å². The average Bonchev–Trinajstić information content (AvgIpc) is 2.68. The van der Waals surface area contributed by atoms with Crippen LogP contribution in [0.1, 0.15) is 18.4 Å². The van der Waals surface area contributed by atoms with Crippen molar-refractivity contribution in [2.75, 3.05) is 32.2 Å². The van der Waals surface area contributed by atoms with Gasteiger partial charge in [0.05, 0.1) is 19.6 Å². The maximum absolute atomic E-state index is 12.1. The lowest BCUT2D eigenvalue weighted by molar-refractivity contribution is -0.144. The highest BCUT2D eigenvalue weighted by molar-refractivity contribution is 5.82. The Morgan fingerprint density at radius 1 is 1.16 bits per heavy atom. The minimum atomic E-state index is -0.910. The number of aliphatic carboxylic acids is 1. The highest BCUT2D eigenvalue weighted by Gasteiger charge is 2.43. The van der Waals surface area contributed by atoms with Crippen LogP contribution in [0.3, 0.4) is 0 Å². The number of hydrogen-bond acceptors (Lipinski definition) is 5. The number of carbonyl (C=O) groups is 1. The summed E-state index contributed by atoms with van der Waals surface area (Å²) < 4.78 is 10.6. The van der Waals surface area contributed by atoms with Crippen LogP contribution < -0.4 is 14.4 Å². The third-order valence-corrected chi connectivity index (χ3v) is 4.92. The molecule has 1 aliphatic heterocycles. The van der Waals surface area contributed by atoms with Gasteiger partial charge in [0, 0.05) is 19.3 Å². The molecule has 2 aromatic rings. The molecule has 0 radical (unpaired) electrons. The molecular formula is C19H22N2O4. The smallest absolute Gasteiger partial charge is 0.314 e. The molecule has 25 heavy (non-hydrogen) atoms. The molecule has 1 N–H and O–H groups in total. The second kappa shape index (κ2) is 7.01. The van der Waals surface area contributed by atoms with Gasteiger partial charge >= 0.3 is 5.97 Å². The summed E-state index contributed by atoms with van der Waals surface area (Å²) in [6.45, 7) is 1.19. The number of rotatable bonds is 5. The molecule has 0 unspecified atom stereocenters. The van der Waals surface area contributed by atoms with Gasteiger partial charge in [0.1, 0.15) is 5.75 Å². The van der Waals surface area contributed by atoms with Crippen LogP contribution >= 0.6 is 0 Å².